The van der Waals surface area contributed by atoms with Gasteiger partial charge in [-0.25, -0.2) is 28.6 Å². The van der Waals surface area contributed by atoms with Crippen LogP contribution >= 0.6 is 11.6 Å². The van der Waals surface area contributed by atoms with Crippen molar-refractivity contribution < 1.29 is 22.8 Å². The fraction of sp³-hybridized carbons (Fsp3) is 0.407. The van der Waals surface area contributed by atoms with E-state index in [1.807, 2.05) is 12.2 Å². The minimum Gasteiger partial charge on any atom is -0.329 e. The number of nitrogens with zero attached hydrogens (tertiary/aromatic N) is 3. The number of benzene rings is 1. The van der Waals surface area contributed by atoms with E-state index in [9.17, 15) is 18.0 Å². The molecule has 2 N–H and O–H groups in total. The van der Waals surface area contributed by atoms with Gasteiger partial charge in [-0.3, -0.25) is 14.4 Å². The number of carbonyl (C=O) groups is 2. The first-order valence-electron chi connectivity index (χ1n) is 12.8. The van der Waals surface area contributed by atoms with Crippen molar-refractivity contribution in [3.8, 4) is 0 Å². The zero-order valence-corrected chi connectivity index (χ0v) is 22.9. The largest absolute Gasteiger partial charge is 0.329 e. The van der Waals surface area contributed by atoms with Crippen molar-refractivity contribution in [1.82, 2.24) is 25.1 Å². The van der Waals surface area contributed by atoms with Crippen LogP contribution in [0.2, 0.25) is 0 Å². The third-order valence-electron chi connectivity index (χ3n) is 7.38. The summed E-state index contributed by atoms with van der Waals surface area (Å²) < 4.78 is 27.3. The number of fused-ring (bicyclic) bond motifs is 1. The van der Waals surface area contributed by atoms with Crippen LogP contribution < -0.4 is 10.2 Å². The maximum Gasteiger partial charge on any atom is 0.254 e. The molecule has 0 bridgehead atoms. The van der Waals surface area contributed by atoms with Crippen molar-refractivity contribution in [2.24, 2.45) is 5.92 Å². The molecular formula is C27H30ClN5O5S. The second kappa shape index (κ2) is 11.5. The Morgan fingerprint density at radius 3 is 2.62 bits per heavy atom. The fourth-order valence-electron chi connectivity index (χ4n) is 5.86. The summed E-state index contributed by atoms with van der Waals surface area (Å²) in [6.45, 7) is -0.0354. The Balaban J connectivity index is 1.54. The lowest BCUT2D eigenvalue weighted by Crippen LogP contribution is -2.63. The Hall–Kier alpha value is -3.12. The Labute approximate surface area is 232 Å². The van der Waals surface area contributed by atoms with Gasteiger partial charge in [0.15, 0.2) is 5.82 Å². The average Bonchev–Trinajstić information content (AvgIpc) is 3.34. The summed E-state index contributed by atoms with van der Waals surface area (Å²) in [5.74, 6) is -1.46. The first-order chi connectivity index (χ1) is 18.7. The van der Waals surface area contributed by atoms with E-state index >= 15 is 0 Å². The molecule has 1 fully saturated rings. The highest BCUT2D eigenvalue weighted by molar-refractivity contribution is 7.88. The van der Waals surface area contributed by atoms with Crippen molar-refractivity contribution in [3.05, 3.63) is 82.9 Å². The molecular weight excluding hydrogens is 542 g/mol. The molecule has 5 rings (SSSR count). The molecule has 3 aliphatic rings. The lowest BCUT2D eigenvalue weighted by Gasteiger charge is -2.50. The van der Waals surface area contributed by atoms with Crippen LogP contribution in [0.15, 0.2) is 66.0 Å². The highest BCUT2D eigenvalue weighted by Gasteiger charge is 2.50. The van der Waals surface area contributed by atoms with Gasteiger partial charge in [-0.05, 0) is 36.6 Å². The molecule has 5 atom stereocenters. The van der Waals surface area contributed by atoms with Gasteiger partial charge in [0, 0.05) is 41.0 Å². The number of sulfonamides is 1. The predicted octanol–water partition coefficient (Wildman–Crippen LogP) is 2.80. The topological polar surface area (TPSA) is 131 Å². The summed E-state index contributed by atoms with van der Waals surface area (Å²) in [5.41, 5.74) is 3.53. The summed E-state index contributed by atoms with van der Waals surface area (Å²) in [5, 5.41) is 0.511. The number of rotatable bonds is 8. The lowest BCUT2D eigenvalue weighted by molar-refractivity contribution is -0.138. The molecule has 1 aliphatic heterocycles. The Kier molecular flexibility index (Phi) is 8.13. The molecule has 2 amide bonds. The van der Waals surface area contributed by atoms with Crippen LogP contribution in [0.25, 0.3) is 0 Å². The van der Waals surface area contributed by atoms with Gasteiger partial charge in [0.05, 0.1) is 18.2 Å². The summed E-state index contributed by atoms with van der Waals surface area (Å²) in [7, 11) is -3.53. The average molecular weight is 572 g/mol. The third kappa shape index (κ3) is 6.06. The Morgan fingerprint density at radius 1 is 1.15 bits per heavy atom. The van der Waals surface area contributed by atoms with Crippen LogP contribution in [0.4, 0.5) is 0 Å². The molecule has 206 valence electrons. The van der Waals surface area contributed by atoms with Crippen LogP contribution in [0, 0.1) is 5.92 Å². The summed E-state index contributed by atoms with van der Waals surface area (Å²) in [4.78, 5) is 43.4. The Bertz CT molecular complexity index is 1400. The molecule has 1 aromatic heterocycles. The van der Waals surface area contributed by atoms with Gasteiger partial charge in [0.25, 0.3) is 11.8 Å². The maximum atomic E-state index is 14.1. The van der Waals surface area contributed by atoms with E-state index in [0.29, 0.717) is 34.8 Å². The lowest BCUT2D eigenvalue weighted by atomic mass is 9.74. The van der Waals surface area contributed by atoms with Crippen LogP contribution in [0.5, 0.6) is 0 Å². The first kappa shape index (κ1) is 27.4. The zero-order chi connectivity index (χ0) is 27.6. The third-order valence-corrected chi connectivity index (χ3v) is 8.36. The predicted molar refractivity (Wildman–Crippen MR) is 145 cm³/mol. The molecule has 39 heavy (non-hydrogen) atoms. The maximum absolute atomic E-state index is 14.1. The standard InChI is InChI=1S/C27H30ClN5O5S/c1-39(36,37)32-21-9-4-5-10-22(21)33-25(17-11-12-18(28)15-17)24(19-7-2-3-8-20(19)27(33)35)26(34)31-38-16-23-29-13-6-14-30-23/h2-3,6-8,11-15,17,21-22,24-25,32H,4-5,9-10,16H2,1H3,(H,31,34)/t17?,21-,22-,24+,25?/m0/s1. The van der Waals surface area contributed by atoms with E-state index in [1.54, 1.807) is 53.7 Å². The SMILES string of the molecule is CS(=O)(=O)N[C@H]1CCCC[C@@H]1N1C(=O)c2ccccc2[C@@H](C(=O)NOCc2ncccn2)C1C1C=CC(Cl)=C1. The summed E-state index contributed by atoms with van der Waals surface area (Å²) >= 11 is 6.33. The molecule has 2 unspecified atom stereocenters. The van der Waals surface area contributed by atoms with Crippen LogP contribution in [0.3, 0.4) is 0 Å². The van der Waals surface area contributed by atoms with Crippen molar-refractivity contribution in [2.45, 2.75) is 56.3 Å². The number of aromatic nitrogens is 2. The number of nitrogens with one attached hydrogen (secondary N) is 2. The molecule has 0 saturated heterocycles. The van der Waals surface area contributed by atoms with Gasteiger partial charge < -0.3 is 4.90 Å². The molecule has 12 heteroatoms. The molecule has 2 aromatic rings. The highest BCUT2D eigenvalue weighted by atomic mass is 35.5. The number of allylic oxidation sites excluding steroid dienone is 2. The van der Waals surface area contributed by atoms with Gasteiger partial charge in [0.2, 0.25) is 10.0 Å². The second-order valence-electron chi connectivity index (χ2n) is 10.0. The normalized spacial score (nSPS) is 26.7. The smallest absolute Gasteiger partial charge is 0.254 e. The van der Waals surface area contributed by atoms with Crippen LogP contribution in [-0.4, -0.2) is 59.5 Å². The van der Waals surface area contributed by atoms with Gasteiger partial charge in [-0.2, -0.15) is 0 Å². The minimum absolute atomic E-state index is 0.0354. The Morgan fingerprint density at radius 2 is 1.90 bits per heavy atom. The molecule has 10 nitrogen and oxygen atoms in total. The van der Waals surface area contributed by atoms with Crippen molar-refractivity contribution >= 4 is 33.4 Å². The number of amides is 2. The van der Waals surface area contributed by atoms with Crippen molar-refractivity contribution in [2.75, 3.05) is 6.26 Å². The number of halogens is 1. The summed E-state index contributed by atoms with van der Waals surface area (Å²) in [6.07, 6.45) is 12.6. The highest BCUT2D eigenvalue weighted by Crippen LogP contribution is 2.43. The fourth-order valence-corrected chi connectivity index (χ4v) is 6.91. The number of hydroxylamine groups is 1. The molecule has 0 radical (unpaired) electrons. The van der Waals surface area contributed by atoms with Gasteiger partial charge >= 0.3 is 0 Å². The molecule has 0 spiro atoms. The van der Waals surface area contributed by atoms with E-state index in [4.69, 9.17) is 16.4 Å². The van der Waals surface area contributed by atoms with Crippen LogP contribution in [-0.2, 0) is 26.3 Å². The van der Waals surface area contributed by atoms with Crippen molar-refractivity contribution in [3.63, 3.8) is 0 Å². The minimum atomic E-state index is -3.53. The van der Waals surface area contributed by atoms with Gasteiger partial charge in [0.1, 0.15) is 6.61 Å². The van der Waals surface area contributed by atoms with E-state index in [1.165, 1.54) is 0 Å². The van der Waals surface area contributed by atoms with Crippen molar-refractivity contribution in [1.29, 1.82) is 0 Å². The molecule has 1 saturated carbocycles. The monoisotopic (exact) mass is 571 g/mol. The van der Waals surface area contributed by atoms with E-state index in [0.717, 1.165) is 19.1 Å². The van der Waals surface area contributed by atoms with Gasteiger partial charge in [-0.15, -0.1) is 0 Å². The molecule has 1 aromatic carbocycles. The van der Waals surface area contributed by atoms with Crippen LogP contribution in [0.1, 0.15) is 53.3 Å². The number of hydrogen-bond acceptors (Lipinski definition) is 7. The number of hydrogen-bond donors (Lipinski definition) is 2. The summed E-state index contributed by atoms with van der Waals surface area (Å²) in [6, 6.07) is 7.12. The molecule has 2 heterocycles. The van der Waals surface area contributed by atoms with E-state index in [-0.39, 0.29) is 18.4 Å². The zero-order valence-electron chi connectivity index (χ0n) is 21.4. The second-order valence-corrected chi connectivity index (χ2v) is 12.2. The van der Waals surface area contributed by atoms with Gasteiger partial charge in [-0.1, -0.05) is 54.8 Å². The van der Waals surface area contributed by atoms with E-state index in [2.05, 4.69) is 20.2 Å². The first-order valence-corrected chi connectivity index (χ1v) is 15.1. The molecule has 2 aliphatic carbocycles. The quantitative estimate of drug-likeness (QED) is 0.466. The number of carbonyl (C=O) groups excluding carboxylic acids is 2. The van der Waals surface area contributed by atoms with E-state index < -0.39 is 40.0 Å².